The van der Waals surface area contributed by atoms with E-state index in [1.54, 1.807) is 0 Å². The fraction of sp³-hybridized carbons (Fsp3) is 0.962. The highest BCUT2D eigenvalue weighted by atomic mass is 16.5. The zero-order valence-electron chi connectivity index (χ0n) is 38.6. The summed E-state index contributed by atoms with van der Waals surface area (Å²) in [6, 6.07) is 0. The van der Waals surface area contributed by atoms with Crippen LogP contribution in [-0.4, -0.2) is 25.2 Å². The Bertz CT molecular complexity index is 777. The van der Waals surface area contributed by atoms with Gasteiger partial charge < -0.3 is 9.47 Å². The Morgan fingerprint density at radius 2 is 0.696 bits per heavy atom. The summed E-state index contributed by atoms with van der Waals surface area (Å²) in [6.45, 7) is 10.4. The average molecular weight is 789 g/mol. The molecule has 56 heavy (non-hydrogen) atoms. The Morgan fingerprint density at radius 1 is 0.393 bits per heavy atom. The molecule has 0 amide bonds. The van der Waals surface area contributed by atoms with Crippen LogP contribution in [0.15, 0.2) is 0 Å². The third-order valence-electron chi connectivity index (χ3n) is 13.3. The maximum atomic E-state index is 12.7. The van der Waals surface area contributed by atoms with Gasteiger partial charge in [0.2, 0.25) is 0 Å². The van der Waals surface area contributed by atoms with E-state index in [0.29, 0.717) is 37.9 Å². The molecule has 0 spiro atoms. The highest BCUT2D eigenvalue weighted by Gasteiger charge is 2.18. The Balaban J connectivity index is 2.36. The number of carbonyl (C=O) groups excluding carboxylic acids is 2. The van der Waals surface area contributed by atoms with Gasteiger partial charge in [0.15, 0.2) is 0 Å². The van der Waals surface area contributed by atoms with Crippen molar-refractivity contribution >= 4 is 11.9 Å². The first-order chi connectivity index (χ1) is 27.5. The largest absolute Gasteiger partial charge is 0.465 e. The number of hydrogen-bond donors (Lipinski definition) is 0. The molecule has 2 atom stereocenters. The molecular weight excluding hydrogens is 689 g/mol. The van der Waals surface area contributed by atoms with Gasteiger partial charge in [-0.05, 0) is 62.2 Å². The zero-order chi connectivity index (χ0) is 40.6. The molecule has 1 fully saturated rings. The molecule has 1 rings (SSSR count). The maximum absolute atomic E-state index is 12.7. The number of rotatable bonds is 43. The molecule has 0 N–H and O–H groups in total. The quantitative estimate of drug-likeness (QED) is 0.0456. The summed E-state index contributed by atoms with van der Waals surface area (Å²) in [5.74, 6) is 2.90. The molecule has 2 unspecified atom stereocenters. The Morgan fingerprint density at radius 3 is 1.07 bits per heavy atom. The van der Waals surface area contributed by atoms with Crippen molar-refractivity contribution in [2.75, 3.05) is 13.2 Å². The standard InChI is InChI=1S/C52H100O4/c1-5-9-13-17-19-25-39-49(37-23-15-11-7-3)45-55-51(53)41-29-21-27-33-47(43-44-48-35-31-32-36-48)34-28-22-30-42-52(54)56-46-50(38-24-16-12-8-4)40-26-20-18-14-10-6-2/h47-50H,5-46H2,1-4H3. The third-order valence-corrected chi connectivity index (χ3v) is 13.3. The highest BCUT2D eigenvalue weighted by molar-refractivity contribution is 5.69. The second-order valence-electron chi connectivity index (χ2n) is 18.7. The van der Waals surface area contributed by atoms with Crippen LogP contribution in [0.2, 0.25) is 0 Å². The third kappa shape index (κ3) is 33.9. The smallest absolute Gasteiger partial charge is 0.305 e. The van der Waals surface area contributed by atoms with Crippen LogP contribution >= 0.6 is 0 Å². The number of ether oxygens (including phenoxy) is 2. The molecule has 1 saturated carbocycles. The van der Waals surface area contributed by atoms with Gasteiger partial charge in [0.25, 0.3) is 0 Å². The van der Waals surface area contributed by atoms with Gasteiger partial charge >= 0.3 is 11.9 Å². The van der Waals surface area contributed by atoms with Crippen molar-refractivity contribution in [3.63, 3.8) is 0 Å². The summed E-state index contributed by atoms with van der Waals surface area (Å²) in [5, 5.41) is 0. The Hall–Kier alpha value is -1.06. The lowest BCUT2D eigenvalue weighted by Gasteiger charge is -2.19. The Kier molecular flexibility index (Phi) is 38.5. The van der Waals surface area contributed by atoms with Gasteiger partial charge in [0, 0.05) is 12.8 Å². The fourth-order valence-electron chi connectivity index (χ4n) is 9.30. The van der Waals surface area contributed by atoms with Crippen LogP contribution in [-0.2, 0) is 19.1 Å². The molecule has 0 heterocycles. The molecule has 0 aromatic rings. The van der Waals surface area contributed by atoms with Gasteiger partial charge in [-0.2, -0.15) is 0 Å². The molecule has 332 valence electrons. The van der Waals surface area contributed by atoms with Crippen molar-refractivity contribution in [3.8, 4) is 0 Å². The monoisotopic (exact) mass is 789 g/mol. The van der Waals surface area contributed by atoms with Crippen LogP contribution in [0.3, 0.4) is 0 Å². The van der Waals surface area contributed by atoms with Crippen molar-refractivity contribution in [1.29, 1.82) is 0 Å². The lowest BCUT2D eigenvalue weighted by atomic mass is 9.87. The number of hydrogen-bond acceptors (Lipinski definition) is 4. The van der Waals surface area contributed by atoms with E-state index in [1.165, 1.54) is 218 Å². The lowest BCUT2D eigenvalue weighted by Crippen LogP contribution is -2.14. The van der Waals surface area contributed by atoms with E-state index in [0.717, 1.165) is 37.5 Å². The summed E-state index contributed by atoms with van der Waals surface area (Å²) in [5.41, 5.74) is 0. The van der Waals surface area contributed by atoms with Crippen LogP contribution in [0, 0.1) is 23.7 Å². The van der Waals surface area contributed by atoms with Gasteiger partial charge in [0.05, 0.1) is 13.2 Å². The minimum atomic E-state index is 0.0307. The molecule has 1 aliphatic rings. The van der Waals surface area contributed by atoms with Crippen LogP contribution < -0.4 is 0 Å². The molecule has 0 aromatic carbocycles. The predicted molar refractivity (Wildman–Crippen MR) is 243 cm³/mol. The van der Waals surface area contributed by atoms with Crippen LogP contribution in [0.25, 0.3) is 0 Å². The highest BCUT2D eigenvalue weighted by Crippen LogP contribution is 2.32. The normalized spacial score (nSPS) is 14.9. The summed E-state index contributed by atoms with van der Waals surface area (Å²) in [7, 11) is 0. The molecule has 0 bridgehead atoms. The van der Waals surface area contributed by atoms with Gasteiger partial charge in [0.1, 0.15) is 0 Å². The fourth-order valence-corrected chi connectivity index (χ4v) is 9.30. The van der Waals surface area contributed by atoms with E-state index in [9.17, 15) is 9.59 Å². The topological polar surface area (TPSA) is 52.6 Å². The minimum Gasteiger partial charge on any atom is -0.465 e. The molecule has 4 heteroatoms. The van der Waals surface area contributed by atoms with Crippen molar-refractivity contribution in [2.24, 2.45) is 23.7 Å². The van der Waals surface area contributed by atoms with E-state index in [4.69, 9.17) is 9.47 Å². The predicted octanol–water partition coefficient (Wildman–Crippen LogP) is 17.2. The van der Waals surface area contributed by atoms with Crippen LogP contribution in [0.4, 0.5) is 0 Å². The van der Waals surface area contributed by atoms with E-state index >= 15 is 0 Å². The summed E-state index contributed by atoms with van der Waals surface area (Å²) in [4.78, 5) is 25.5. The second kappa shape index (κ2) is 40.7. The van der Waals surface area contributed by atoms with Gasteiger partial charge in [-0.25, -0.2) is 0 Å². The first-order valence-electron chi connectivity index (χ1n) is 25.8. The first kappa shape index (κ1) is 53.0. The van der Waals surface area contributed by atoms with Crippen LogP contribution in [0.1, 0.15) is 285 Å². The minimum absolute atomic E-state index is 0.0307. The summed E-state index contributed by atoms with van der Waals surface area (Å²) >= 11 is 0. The molecule has 0 radical (unpaired) electrons. The van der Waals surface area contributed by atoms with Gasteiger partial charge in [-0.1, -0.05) is 233 Å². The van der Waals surface area contributed by atoms with Crippen molar-refractivity contribution in [3.05, 3.63) is 0 Å². The Labute approximate surface area is 351 Å². The molecule has 0 saturated heterocycles. The number of unbranched alkanes of at least 4 members (excludes halogenated alkanes) is 20. The van der Waals surface area contributed by atoms with Crippen molar-refractivity contribution < 1.29 is 19.1 Å². The van der Waals surface area contributed by atoms with E-state index < -0.39 is 0 Å². The second-order valence-corrected chi connectivity index (χ2v) is 18.7. The van der Waals surface area contributed by atoms with Crippen LogP contribution in [0.5, 0.6) is 0 Å². The van der Waals surface area contributed by atoms with E-state index in [1.807, 2.05) is 0 Å². The maximum Gasteiger partial charge on any atom is 0.305 e. The molecule has 4 nitrogen and oxygen atoms in total. The molecule has 1 aliphatic carbocycles. The molecular formula is C52H100O4. The molecule has 0 aromatic heterocycles. The summed E-state index contributed by atoms with van der Waals surface area (Å²) in [6.07, 6.45) is 50.1. The number of carbonyl (C=O) groups is 2. The lowest BCUT2D eigenvalue weighted by molar-refractivity contribution is -0.146. The van der Waals surface area contributed by atoms with Gasteiger partial charge in [-0.15, -0.1) is 0 Å². The SMILES string of the molecule is CCCCCCCCC(CCCCCC)COC(=O)CCCCCC(CCCCCC(=O)OCC(CCCCCC)CCCCCCCC)CCC1CCCC1. The first-order valence-corrected chi connectivity index (χ1v) is 25.8. The van der Waals surface area contributed by atoms with E-state index in [2.05, 4.69) is 27.7 Å². The average Bonchev–Trinajstić information content (AvgIpc) is 3.73. The molecule has 0 aliphatic heterocycles. The summed E-state index contributed by atoms with van der Waals surface area (Å²) < 4.78 is 11.8. The van der Waals surface area contributed by atoms with Crippen molar-refractivity contribution in [1.82, 2.24) is 0 Å². The van der Waals surface area contributed by atoms with E-state index in [-0.39, 0.29) is 11.9 Å². The van der Waals surface area contributed by atoms with Crippen molar-refractivity contribution in [2.45, 2.75) is 285 Å². The number of esters is 2. The zero-order valence-corrected chi connectivity index (χ0v) is 38.6. The van der Waals surface area contributed by atoms with Gasteiger partial charge in [-0.3, -0.25) is 9.59 Å².